The Balaban J connectivity index is 2.11. The summed E-state index contributed by atoms with van der Waals surface area (Å²) < 4.78 is 1.06. The van der Waals surface area contributed by atoms with Crippen LogP contribution in [-0.2, 0) is 6.42 Å². The zero-order chi connectivity index (χ0) is 14.3. The number of unbranched alkanes of at least 4 members (excludes halogenated alkanes) is 4. The summed E-state index contributed by atoms with van der Waals surface area (Å²) in [6.07, 6.45) is 8.99. The molecule has 1 aromatic heterocycles. The van der Waals surface area contributed by atoms with Crippen molar-refractivity contribution in [3.05, 3.63) is 18.0 Å². The van der Waals surface area contributed by atoms with Gasteiger partial charge in [-0.2, -0.15) is 0 Å². The molecular formula is C15H29N4+. The standard InChI is InChI=1S/C15H29N4/c1-19(2,3)10-8-6-4-5-7-9-15-14(17)11-13(16)12-18-15/h11-12H,4-10,16-17H2,1-3H3/q+1. The second-order valence-electron chi connectivity index (χ2n) is 6.34. The van der Waals surface area contributed by atoms with Gasteiger partial charge in [-0.1, -0.05) is 12.8 Å². The lowest BCUT2D eigenvalue weighted by Gasteiger charge is -2.23. The number of pyridine rings is 1. The fourth-order valence-corrected chi connectivity index (χ4v) is 2.14. The molecule has 0 saturated heterocycles. The van der Waals surface area contributed by atoms with Crippen LogP contribution in [0.15, 0.2) is 12.3 Å². The summed E-state index contributed by atoms with van der Waals surface area (Å²) in [7, 11) is 6.74. The molecule has 4 N–H and O–H groups in total. The van der Waals surface area contributed by atoms with Crippen molar-refractivity contribution < 1.29 is 4.48 Å². The molecule has 0 unspecified atom stereocenters. The quantitative estimate of drug-likeness (QED) is 0.560. The molecule has 108 valence electrons. The second-order valence-corrected chi connectivity index (χ2v) is 6.34. The molecule has 0 amide bonds. The first-order chi connectivity index (χ1) is 8.88. The lowest BCUT2D eigenvalue weighted by molar-refractivity contribution is -0.870. The number of nitrogens with zero attached hydrogens (tertiary/aromatic N) is 2. The van der Waals surface area contributed by atoms with E-state index in [9.17, 15) is 0 Å². The number of nitrogen functional groups attached to an aromatic ring is 2. The molecule has 0 spiro atoms. The van der Waals surface area contributed by atoms with Gasteiger partial charge >= 0.3 is 0 Å². The predicted molar refractivity (Wildman–Crippen MR) is 82.8 cm³/mol. The zero-order valence-corrected chi connectivity index (χ0v) is 12.7. The van der Waals surface area contributed by atoms with Crippen LogP contribution in [-0.4, -0.2) is 37.2 Å². The van der Waals surface area contributed by atoms with Gasteiger partial charge in [0.2, 0.25) is 0 Å². The molecule has 0 aliphatic heterocycles. The van der Waals surface area contributed by atoms with Gasteiger partial charge in [0, 0.05) is 0 Å². The molecule has 0 radical (unpaired) electrons. The zero-order valence-electron chi connectivity index (χ0n) is 12.7. The summed E-state index contributed by atoms with van der Waals surface area (Å²) in [5, 5.41) is 0. The molecule has 19 heavy (non-hydrogen) atoms. The Morgan fingerprint density at radius 2 is 1.63 bits per heavy atom. The molecule has 4 heteroatoms. The Morgan fingerprint density at radius 3 is 2.26 bits per heavy atom. The van der Waals surface area contributed by atoms with E-state index in [0.29, 0.717) is 5.69 Å². The molecule has 1 heterocycles. The summed E-state index contributed by atoms with van der Waals surface area (Å²) in [5.74, 6) is 0. The second kappa shape index (κ2) is 7.34. The first-order valence-electron chi connectivity index (χ1n) is 7.19. The van der Waals surface area contributed by atoms with Crippen LogP contribution in [0.5, 0.6) is 0 Å². The van der Waals surface area contributed by atoms with Crippen LogP contribution >= 0.6 is 0 Å². The molecule has 0 bridgehead atoms. The molecular weight excluding hydrogens is 236 g/mol. The van der Waals surface area contributed by atoms with Crippen LogP contribution < -0.4 is 11.5 Å². The fraction of sp³-hybridized carbons (Fsp3) is 0.667. The number of anilines is 2. The Labute approximate surface area is 117 Å². The first kappa shape index (κ1) is 15.8. The van der Waals surface area contributed by atoms with Crippen LogP contribution in [0.1, 0.15) is 37.8 Å². The monoisotopic (exact) mass is 265 g/mol. The highest BCUT2D eigenvalue weighted by Crippen LogP contribution is 2.15. The third-order valence-electron chi connectivity index (χ3n) is 3.27. The van der Waals surface area contributed by atoms with Crippen molar-refractivity contribution in [3.8, 4) is 0 Å². The van der Waals surface area contributed by atoms with Crippen molar-refractivity contribution in [1.29, 1.82) is 0 Å². The topological polar surface area (TPSA) is 64.9 Å². The number of aromatic nitrogens is 1. The van der Waals surface area contributed by atoms with Crippen molar-refractivity contribution in [2.24, 2.45) is 0 Å². The van der Waals surface area contributed by atoms with Crippen molar-refractivity contribution >= 4 is 11.4 Å². The molecule has 0 aliphatic carbocycles. The minimum Gasteiger partial charge on any atom is -0.397 e. The van der Waals surface area contributed by atoms with Gasteiger partial charge in [0.1, 0.15) is 0 Å². The van der Waals surface area contributed by atoms with Crippen LogP contribution in [0.2, 0.25) is 0 Å². The van der Waals surface area contributed by atoms with Crippen molar-refractivity contribution in [1.82, 2.24) is 4.98 Å². The van der Waals surface area contributed by atoms with Gasteiger partial charge in [0.15, 0.2) is 0 Å². The van der Waals surface area contributed by atoms with Gasteiger partial charge < -0.3 is 16.0 Å². The van der Waals surface area contributed by atoms with E-state index in [-0.39, 0.29) is 0 Å². The third-order valence-corrected chi connectivity index (χ3v) is 3.27. The number of hydrogen-bond acceptors (Lipinski definition) is 3. The lowest BCUT2D eigenvalue weighted by atomic mass is 10.1. The van der Waals surface area contributed by atoms with E-state index in [1.165, 1.54) is 32.2 Å². The number of aryl methyl sites for hydroxylation is 1. The highest BCUT2D eigenvalue weighted by Gasteiger charge is 2.05. The number of quaternary nitrogens is 1. The SMILES string of the molecule is C[N+](C)(C)CCCCCCCc1ncc(N)cc1N. The highest BCUT2D eigenvalue weighted by atomic mass is 15.3. The van der Waals surface area contributed by atoms with Gasteiger partial charge in [-0.05, 0) is 31.7 Å². The normalized spacial score (nSPS) is 11.7. The van der Waals surface area contributed by atoms with E-state index in [0.717, 1.165) is 28.7 Å². The van der Waals surface area contributed by atoms with Crippen LogP contribution in [0.25, 0.3) is 0 Å². The average molecular weight is 265 g/mol. The van der Waals surface area contributed by atoms with Crippen LogP contribution in [0.3, 0.4) is 0 Å². The molecule has 1 aromatic rings. The molecule has 0 aromatic carbocycles. The summed E-state index contributed by atoms with van der Waals surface area (Å²) in [6.45, 7) is 1.26. The summed E-state index contributed by atoms with van der Waals surface area (Å²) in [6, 6.07) is 1.80. The maximum absolute atomic E-state index is 5.89. The van der Waals surface area contributed by atoms with E-state index in [4.69, 9.17) is 11.5 Å². The third kappa shape index (κ3) is 7.01. The molecule has 0 atom stereocenters. The van der Waals surface area contributed by atoms with E-state index in [1.807, 2.05) is 0 Å². The summed E-state index contributed by atoms with van der Waals surface area (Å²) >= 11 is 0. The largest absolute Gasteiger partial charge is 0.397 e. The van der Waals surface area contributed by atoms with E-state index in [1.54, 1.807) is 12.3 Å². The van der Waals surface area contributed by atoms with Crippen molar-refractivity contribution in [2.45, 2.75) is 38.5 Å². The molecule has 0 fully saturated rings. The van der Waals surface area contributed by atoms with E-state index in [2.05, 4.69) is 26.1 Å². The molecule has 0 aliphatic rings. The van der Waals surface area contributed by atoms with Gasteiger partial charge in [0.05, 0.1) is 51.0 Å². The minimum atomic E-state index is 0.640. The smallest absolute Gasteiger partial charge is 0.0780 e. The number of nitrogens with two attached hydrogens (primary N) is 2. The number of hydrogen-bond donors (Lipinski definition) is 2. The first-order valence-corrected chi connectivity index (χ1v) is 7.19. The van der Waals surface area contributed by atoms with E-state index >= 15 is 0 Å². The Hall–Kier alpha value is -1.29. The van der Waals surface area contributed by atoms with E-state index < -0.39 is 0 Å². The summed E-state index contributed by atoms with van der Waals surface area (Å²) in [5.41, 5.74) is 13.9. The van der Waals surface area contributed by atoms with Gasteiger partial charge in [-0.3, -0.25) is 4.98 Å². The Kier molecular flexibility index (Phi) is 6.09. The highest BCUT2D eigenvalue weighted by molar-refractivity contribution is 5.52. The average Bonchev–Trinajstić information content (AvgIpc) is 2.29. The fourth-order valence-electron chi connectivity index (χ4n) is 2.14. The van der Waals surface area contributed by atoms with Gasteiger partial charge in [-0.15, -0.1) is 0 Å². The maximum atomic E-state index is 5.89. The predicted octanol–water partition coefficient (Wildman–Crippen LogP) is 2.45. The Bertz CT molecular complexity index is 382. The molecule has 1 rings (SSSR count). The minimum absolute atomic E-state index is 0.640. The Morgan fingerprint density at radius 1 is 1.00 bits per heavy atom. The van der Waals surface area contributed by atoms with Crippen LogP contribution in [0.4, 0.5) is 11.4 Å². The van der Waals surface area contributed by atoms with Crippen molar-refractivity contribution in [3.63, 3.8) is 0 Å². The maximum Gasteiger partial charge on any atom is 0.0780 e. The number of rotatable bonds is 8. The van der Waals surface area contributed by atoms with Crippen LogP contribution in [0, 0.1) is 0 Å². The summed E-state index contributed by atoms with van der Waals surface area (Å²) in [4.78, 5) is 4.29. The molecule has 0 saturated carbocycles. The van der Waals surface area contributed by atoms with Crippen molar-refractivity contribution in [2.75, 3.05) is 39.2 Å². The van der Waals surface area contributed by atoms with Gasteiger partial charge in [-0.25, -0.2) is 0 Å². The lowest BCUT2D eigenvalue weighted by Crippen LogP contribution is -2.35. The molecule has 4 nitrogen and oxygen atoms in total. The van der Waals surface area contributed by atoms with Gasteiger partial charge in [0.25, 0.3) is 0 Å².